The van der Waals surface area contributed by atoms with Gasteiger partial charge in [0.25, 0.3) is 0 Å². The van der Waals surface area contributed by atoms with Gasteiger partial charge in [-0.1, -0.05) is 0 Å². The molecule has 1 unspecified atom stereocenters. The van der Waals surface area contributed by atoms with Crippen molar-refractivity contribution in [1.82, 2.24) is 4.90 Å². The van der Waals surface area contributed by atoms with E-state index < -0.39 is 12.0 Å². The van der Waals surface area contributed by atoms with E-state index >= 15 is 0 Å². The molecule has 0 aromatic rings. The van der Waals surface area contributed by atoms with Gasteiger partial charge >= 0.3 is 5.97 Å². The van der Waals surface area contributed by atoms with Crippen molar-refractivity contribution in [2.75, 3.05) is 13.7 Å². The molecule has 1 fully saturated rings. The Balaban J connectivity index is 2.71. The van der Waals surface area contributed by atoms with Gasteiger partial charge in [-0.25, -0.2) is 4.79 Å². The zero-order valence-corrected chi connectivity index (χ0v) is 8.28. The fraction of sp³-hybridized carbons (Fsp3) is 0.667. The Morgan fingerprint density at radius 2 is 2.21 bits per heavy atom. The van der Waals surface area contributed by atoms with Crippen molar-refractivity contribution in [3.63, 3.8) is 0 Å². The highest BCUT2D eigenvalue weighted by atomic mass is 16.5. The molecule has 1 rings (SSSR count). The van der Waals surface area contributed by atoms with E-state index in [9.17, 15) is 14.4 Å². The average Bonchev–Trinajstić information content (AvgIpc) is 2.46. The predicted molar refractivity (Wildman–Crippen MR) is 47.4 cm³/mol. The van der Waals surface area contributed by atoms with E-state index in [1.165, 1.54) is 18.9 Å². The van der Waals surface area contributed by atoms with Crippen molar-refractivity contribution < 1.29 is 19.1 Å². The molecular formula is C9H13NO4. The van der Waals surface area contributed by atoms with Crippen LogP contribution < -0.4 is 0 Å². The summed E-state index contributed by atoms with van der Waals surface area (Å²) in [6, 6.07) is -0.573. The number of ether oxygens (including phenoxy) is 1. The molecule has 14 heavy (non-hydrogen) atoms. The zero-order valence-electron chi connectivity index (χ0n) is 8.28. The monoisotopic (exact) mass is 199 g/mol. The van der Waals surface area contributed by atoms with Gasteiger partial charge in [-0.2, -0.15) is 0 Å². The molecule has 78 valence electrons. The first kappa shape index (κ1) is 10.7. The maximum Gasteiger partial charge on any atom is 0.328 e. The van der Waals surface area contributed by atoms with Gasteiger partial charge in [-0.05, 0) is 13.3 Å². The quantitative estimate of drug-likeness (QED) is 0.587. The van der Waals surface area contributed by atoms with Crippen LogP contribution >= 0.6 is 0 Å². The standard InChI is InChI=1S/C9H13NO4/c1-6(11)5-10-7(9(13)14-2)3-4-8(10)12/h7H,3-5H2,1-2H3. The molecule has 0 N–H and O–H groups in total. The summed E-state index contributed by atoms with van der Waals surface area (Å²) < 4.78 is 4.55. The Hall–Kier alpha value is -1.39. The van der Waals surface area contributed by atoms with Crippen LogP contribution in [0.5, 0.6) is 0 Å². The Morgan fingerprint density at radius 3 is 2.71 bits per heavy atom. The van der Waals surface area contributed by atoms with Crippen LogP contribution in [0, 0.1) is 0 Å². The number of ketones is 1. The number of hydrogen-bond acceptors (Lipinski definition) is 4. The number of likely N-dealkylation sites (tertiary alicyclic amines) is 1. The van der Waals surface area contributed by atoms with Gasteiger partial charge in [0.15, 0.2) is 0 Å². The van der Waals surface area contributed by atoms with Crippen molar-refractivity contribution >= 4 is 17.7 Å². The minimum absolute atomic E-state index is 0.00139. The lowest BCUT2D eigenvalue weighted by Gasteiger charge is -2.20. The van der Waals surface area contributed by atoms with E-state index in [2.05, 4.69) is 4.74 Å². The molecule has 0 radical (unpaired) electrons. The Labute approximate surface area is 82.0 Å². The van der Waals surface area contributed by atoms with Gasteiger partial charge < -0.3 is 9.64 Å². The van der Waals surface area contributed by atoms with Crippen molar-refractivity contribution in [3.05, 3.63) is 0 Å². The number of rotatable bonds is 3. The fourth-order valence-corrected chi connectivity index (χ4v) is 1.55. The number of Topliss-reactive ketones (excluding diaryl/α,β-unsaturated/α-hetero) is 1. The molecule has 1 heterocycles. The van der Waals surface area contributed by atoms with E-state index in [0.29, 0.717) is 12.8 Å². The van der Waals surface area contributed by atoms with E-state index in [4.69, 9.17) is 0 Å². The normalized spacial score (nSPS) is 21.1. The van der Waals surface area contributed by atoms with E-state index in [-0.39, 0.29) is 18.2 Å². The smallest absolute Gasteiger partial charge is 0.328 e. The number of esters is 1. The third kappa shape index (κ3) is 2.10. The minimum Gasteiger partial charge on any atom is -0.467 e. The highest BCUT2D eigenvalue weighted by molar-refractivity contribution is 5.91. The lowest BCUT2D eigenvalue weighted by molar-refractivity contribution is -0.149. The molecule has 0 spiro atoms. The number of methoxy groups -OCH3 is 1. The first-order valence-corrected chi connectivity index (χ1v) is 4.43. The molecule has 5 nitrogen and oxygen atoms in total. The molecule has 0 saturated carbocycles. The summed E-state index contributed by atoms with van der Waals surface area (Å²) in [5.41, 5.74) is 0. The molecule has 1 aliphatic heterocycles. The summed E-state index contributed by atoms with van der Waals surface area (Å²) in [5.74, 6) is -0.734. The second kappa shape index (κ2) is 4.21. The number of carbonyl (C=O) groups excluding carboxylic acids is 3. The molecule has 0 aromatic carbocycles. The molecule has 5 heteroatoms. The van der Waals surface area contributed by atoms with Crippen molar-refractivity contribution in [2.24, 2.45) is 0 Å². The minimum atomic E-state index is -0.573. The van der Waals surface area contributed by atoms with Gasteiger partial charge in [0.2, 0.25) is 5.91 Å². The van der Waals surface area contributed by atoms with Crippen LogP contribution in [0.25, 0.3) is 0 Å². The maximum absolute atomic E-state index is 11.3. The summed E-state index contributed by atoms with van der Waals surface area (Å²) in [4.78, 5) is 34.7. The van der Waals surface area contributed by atoms with Crippen LogP contribution in [-0.4, -0.2) is 42.3 Å². The topological polar surface area (TPSA) is 63.7 Å². The summed E-state index contributed by atoms with van der Waals surface area (Å²) in [7, 11) is 1.27. The predicted octanol–water partition coefficient (Wildman–Crippen LogP) is -0.261. The molecule has 1 atom stereocenters. The van der Waals surface area contributed by atoms with Crippen molar-refractivity contribution in [2.45, 2.75) is 25.8 Å². The lowest BCUT2D eigenvalue weighted by Crippen LogP contribution is -2.41. The summed E-state index contributed by atoms with van der Waals surface area (Å²) >= 11 is 0. The largest absolute Gasteiger partial charge is 0.467 e. The first-order valence-electron chi connectivity index (χ1n) is 4.43. The Bertz CT molecular complexity index is 274. The maximum atomic E-state index is 11.3. The zero-order chi connectivity index (χ0) is 10.7. The molecule has 0 aromatic heterocycles. The van der Waals surface area contributed by atoms with Gasteiger partial charge in [0.1, 0.15) is 11.8 Å². The van der Waals surface area contributed by atoms with Gasteiger partial charge in [0, 0.05) is 6.42 Å². The Morgan fingerprint density at radius 1 is 1.57 bits per heavy atom. The number of amides is 1. The summed E-state index contributed by atoms with van der Waals surface area (Å²) in [5, 5.41) is 0. The highest BCUT2D eigenvalue weighted by Gasteiger charge is 2.36. The number of carbonyl (C=O) groups is 3. The third-order valence-electron chi connectivity index (χ3n) is 2.19. The fourth-order valence-electron chi connectivity index (χ4n) is 1.55. The molecule has 0 aliphatic carbocycles. The summed E-state index contributed by atoms with van der Waals surface area (Å²) in [6.07, 6.45) is 0.756. The molecule has 0 bridgehead atoms. The molecule has 1 saturated heterocycles. The SMILES string of the molecule is COC(=O)C1CCC(=O)N1CC(C)=O. The molecule has 1 aliphatic rings. The van der Waals surface area contributed by atoms with Crippen molar-refractivity contribution in [3.8, 4) is 0 Å². The van der Waals surface area contributed by atoms with E-state index in [1.807, 2.05) is 0 Å². The van der Waals surface area contributed by atoms with Gasteiger partial charge in [-0.15, -0.1) is 0 Å². The third-order valence-corrected chi connectivity index (χ3v) is 2.19. The van der Waals surface area contributed by atoms with Gasteiger partial charge in [0.05, 0.1) is 13.7 Å². The van der Waals surface area contributed by atoms with Crippen LogP contribution in [-0.2, 0) is 19.1 Å². The molecule has 1 amide bonds. The van der Waals surface area contributed by atoms with Crippen LogP contribution in [0.3, 0.4) is 0 Å². The van der Waals surface area contributed by atoms with E-state index in [1.54, 1.807) is 0 Å². The number of nitrogens with zero attached hydrogens (tertiary/aromatic N) is 1. The van der Waals surface area contributed by atoms with Crippen molar-refractivity contribution in [1.29, 1.82) is 0 Å². The lowest BCUT2D eigenvalue weighted by atomic mass is 10.2. The Kier molecular flexibility index (Phi) is 3.22. The summed E-state index contributed by atoms with van der Waals surface area (Å²) in [6.45, 7) is 1.39. The van der Waals surface area contributed by atoms with Crippen LogP contribution in [0.1, 0.15) is 19.8 Å². The van der Waals surface area contributed by atoms with Crippen LogP contribution in [0.2, 0.25) is 0 Å². The van der Waals surface area contributed by atoms with Crippen LogP contribution in [0.15, 0.2) is 0 Å². The van der Waals surface area contributed by atoms with E-state index in [0.717, 1.165) is 0 Å². The second-order valence-electron chi connectivity index (χ2n) is 3.30. The van der Waals surface area contributed by atoms with Gasteiger partial charge in [-0.3, -0.25) is 9.59 Å². The first-order chi connectivity index (χ1) is 6.56. The van der Waals surface area contributed by atoms with Crippen LogP contribution in [0.4, 0.5) is 0 Å². The number of hydrogen-bond donors (Lipinski definition) is 0. The highest BCUT2D eigenvalue weighted by Crippen LogP contribution is 2.19. The average molecular weight is 199 g/mol. The molecular weight excluding hydrogens is 186 g/mol. The second-order valence-corrected chi connectivity index (χ2v) is 3.30.